The Labute approximate surface area is 206 Å². The Hall–Kier alpha value is -2.91. The zero-order valence-electron chi connectivity index (χ0n) is 19.9. The first-order valence-corrected chi connectivity index (χ1v) is 13.9. The van der Waals surface area contributed by atoms with E-state index in [-0.39, 0.29) is 29.3 Å². The van der Waals surface area contributed by atoms with Gasteiger partial charge in [-0.1, -0.05) is 30.3 Å². The Morgan fingerprint density at radius 1 is 0.943 bits per heavy atom. The van der Waals surface area contributed by atoms with Gasteiger partial charge in [0.1, 0.15) is 12.6 Å². The molecule has 186 valence electrons. The van der Waals surface area contributed by atoms with Crippen LogP contribution in [0.5, 0.6) is 0 Å². The quantitative estimate of drug-likeness (QED) is 0.636. The highest BCUT2D eigenvalue weighted by Crippen LogP contribution is 2.41. The van der Waals surface area contributed by atoms with Crippen molar-refractivity contribution in [2.45, 2.75) is 49.5 Å². The van der Waals surface area contributed by atoms with Gasteiger partial charge in [-0.25, -0.2) is 8.42 Å². The molecule has 5 rings (SSSR count). The van der Waals surface area contributed by atoms with Crippen LogP contribution in [0, 0.1) is 0 Å². The van der Waals surface area contributed by atoms with E-state index in [9.17, 15) is 18.0 Å². The molecule has 1 unspecified atom stereocenters. The van der Waals surface area contributed by atoms with Crippen molar-refractivity contribution in [2.24, 2.45) is 0 Å². The fraction of sp³-hybridized carbons (Fsp3) is 0.462. The van der Waals surface area contributed by atoms with Crippen molar-refractivity contribution in [1.29, 1.82) is 0 Å². The van der Waals surface area contributed by atoms with E-state index in [0.29, 0.717) is 31.7 Å². The zero-order chi connectivity index (χ0) is 24.4. The van der Waals surface area contributed by atoms with Gasteiger partial charge in [-0.3, -0.25) is 14.5 Å². The first kappa shape index (κ1) is 23.8. The number of piperidine rings is 1. The second kappa shape index (κ2) is 9.99. The van der Waals surface area contributed by atoms with Gasteiger partial charge in [0.15, 0.2) is 0 Å². The van der Waals surface area contributed by atoms with Gasteiger partial charge in [0.05, 0.1) is 16.3 Å². The SMILES string of the molecule is O=C(CN1C(=O)C2CCCCN2c2ccc(S(=O)(=O)N3CCCC3)cc21)NCCc1ccccc1. The van der Waals surface area contributed by atoms with Crippen molar-refractivity contribution >= 4 is 33.2 Å². The number of carbonyl (C=O) groups is 2. The Morgan fingerprint density at radius 2 is 1.69 bits per heavy atom. The molecular weight excluding hydrogens is 464 g/mol. The number of nitrogens with one attached hydrogen (secondary N) is 1. The number of amides is 2. The first-order valence-electron chi connectivity index (χ1n) is 12.5. The standard InChI is InChI=1S/C26H32N4O4S/c31-25(27-14-13-20-8-2-1-3-9-20)19-30-24-18-21(35(33,34)28-15-6-7-16-28)11-12-22(24)29-17-5-4-10-23(29)26(30)32/h1-3,8-9,11-12,18,23H,4-7,10,13-17,19H2,(H,27,31). The van der Waals surface area contributed by atoms with Gasteiger partial charge in [0.2, 0.25) is 21.8 Å². The van der Waals surface area contributed by atoms with E-state index in [2.05, 4.69) is 10.2 Å². The number of sulfonamides is 1. The summed E-state index contributed by atoms with van der Waals surface area (Å²) in [5, 5.41) is 2.92. The van der Waals surface area contributed by atoms with Crippen LogP contribution in [-0.4, -0.2) is 63.3 Å². The Morgan fingerprint density at radius 3 is 2.46 bits per heavy atom. The minimum atomic E-state index is -3.64. The van der Waals surface area contributed by atoms with E-state index in [0.717, 1.165) is 49.9 Å². The lowest BCUT2D eigenvalue weighted by atomic mass is 9.96. The van der Waals surface area contributed by atoms with Gasteiger partial charge in [0.25, 0.3) is 0 Å². The first-order chi connectivity index (χ1) is 16.9. The van der Waals surface area contributed by atoms with Crippen molar-refractivity contribution in [3.05, 3.63) is 54.1 Å². The number of benzene rings is 2. The number of hydrogen-bond acceptors (Lipinski definition) is 5. The van der Waals surface area contributed by atoms with Crippen molar-refractivity contribution in [3.8, 4) is 0 Å². The molecule has 0 radical (unpaired) electrons. The molecule has 1 N–H and O–H groups in total. The molecule has 0 saturated carbocycles. The van der Waals surface area contributed by atoms with Crippen LogP contribution in [0.2, 0.25) is 0 Å². The highest BCUT2D eigenvalue weighted by atomic mass is 32.2. The number of nitrogens with zero attached hydrogens (tertiary/aromatic N) is 3. The van der Waals surface area contributed by atoms with E-state index in [1.165, 1.54) is 9.21 Å². The van der Waals surface area contributed by atoms with Crippen molar-refractivity contribution < 1.29 is 18.0 Å². The van der Waals surface area contributed by atoms with Gasteiger partial charge in [0, 0.05) is 26.2 Å². The molecule has 0 bridgehead atoms. The fourth-order valence-electron chi connectivity index (χ4n) is 5.33. The lowest BCUT2D eigenvalue weighted by molar-refractivity contribution is -0.124. The average Bonchev–Trinajstić information content (AvgIpc) is 3.43. The molecule has 0 spiro atoms. The van der Waals surface area contributed by atoms with Crippen LogP contribution < -0.4 is 15.1 Å². The molecule has 2 amide bonds. The van der Waals surface area contributed by atoms with Crippen LogP contribution in [-0.2, 0) is 26.0 Å². The van der Waals surface area contributed by atoms with Crippen molar-refractivity contribution in [1.82, 2.24) is 9.62 Å². The van der Waals surface area contributed by atoms with Crippen molar-refractivity contribution in [2.75, 3.05) is 42.5 Å². The monoisotopic (exact) mass is 496 g/mol. The summed E-state index contributed by atoms with van der Waals surface area (Å²) < 4.78 is 27.9. The molecule has 2 fully saturated rings. The smallest absolute Gasteiger partial charge is 0.250 e. The lowest BCUT2D eigenvalue weighted by Crippen LogP contribution is -2.57. The third-order valence-corrected chi connectivity index (χ3v) is 9.08. The molecule has 2 saturated heterocycles. The molecule has 35 heavy (non-hydrogen) atoms. The minimum Gasteiger partial charge on any atom is -0.358 e. The Bertz CT molecular complexity index is 1200. The van der Waals surface area contributed by atoms with Crippen LogP contribution in [0.4, 0.5) is 11.4 Å². The Balaban J connectivity index is 1.39. The number of rotatable bonds is 7. The zero-order valence-corrected chi connectivity index (χ0v) is 20.7. The summed E-state index contributed by atoms with van der Waals surface area (Å²) in [6.45, 7) is 2.12. The number of hydrogen-bond donors (Lipinski definition) is 1. The van der Waals surface area contributed by atoms with E-state index < -0.39 is 10.0 Å². The maximum Gasteiger partial charge on any atom is 0.250 e. The van der Waals surface area contributed by atoms with Crippen LogP contribution in [0.3, 0.4) is 0 Å². The van der Waals surface area contributed by atoms with E-state index in [1.807, 2.05) is 36.4 Å². The largest absolute Gasteiger partial charge is 0.358 e. The molecule has 1 atom stereocenters. The van der Waals surface area contributed by atoms with Crippen LogP contribution in [0.1, 0.15) is 37.7 Å². The van der Waals surface area contributed by atoms with Gasteiger partial charge in [-0.2, -0.15) is 4.31 Å². The summed E-state index contributed by atoms with van der Waals surface area (Å²) in [6.07, 6.45) is 5.09. The summed E-state index contributed by atoms with van der Waals surface area (Å²) in [5.41, 5.74) is 2.46. The topological polar surface area (TPSA) is 90.0 Å². The predicted molar refractivity (Wildman–Crippen MR) is 135 cm³/mol. The second-order valence-corrected chi connectivity index (χ2v) is 11.4. The fourth-order valence-corrected chi connectivity index (χ4v) is 6.87. The van der Waals surface area contributed by atoms with Crippen LogP contribution in [0.25, 0.3) is 0 Å². The highest BCUT2D eigenvalue weighted by Gasteiger charge is 2.41. The van der Waals surface area contributed by atoms with Gasteiger partial charge < -0.3 is 10.2 Å². The molecule has 0 aliphatic carbocycles. The van der Waals surface area contributed by atoms with Crippen LogP contribution >= 0.6 is 0 Å². The summed E-state index contributed by atoms with van der Waals surface area (Å²) in [5.74, 6) is -0.386. The predicted octanol–water partition coefficient (Wildman–Crippen LogP) is 2.54. The summed E-state index contributed by atoms with van der Waals surface area (Å²) >= 11 is 0. The maximum atomic E-state index is 13.5. The van der Waals surface area contributed by atoms with Gasteiger partial charge >= 0.3 is 0 Å². The van der Waals surface area contributed by atoms with Gasteiger partial charge in [-0.15, -0.1) is 0 Å². The molecular formula is C26H32N4O4S. The maximum absolute atomic E-state index is 13.5. The van der Waals surface area contributed by atoms with E-state index >= 15 is 0 Å². The van der Waals surface area contributed by atoms with Gasteiger partial charge in [-0.05, 0) is 62.3 Å². The molecule has 9 heteroatoms. The Kier molecular flexibility index (Phi) is 6.80. The molecule has 3 heterocycles. The minimum absolute atomic E-state index is 0.127. The second-order valence-electron chi connectivity index (χ2n) is 9.48. The molecule has 3 aliphatic rings. The number of fused-ring (bicyclic) bond motifs is 3. The molecule has 8 nitrogen and oxygen atoms in total. The number of carbonyl (C=O) groups excluding carboxylic acids is 2. The lowest BCUT2D eigenvalue weighted by Gasteiger charge is -2.45. The highest BCUT2D eigenvalue weighted by molar-refractivity contribution is 7.89. The third-order valence-electron chi connectivity index (χ3n) is 7.18. The van der Waals surface area contributed by atoms with Crippen LogP contribution in [0.15, 0.2) is 53.4 Å². The third kappa shape index (κ3) is 4.79. The summed E-state index contributed by atoms with van der Waals surface area (Å²) in [4.78, 5) is 30.1. The summed E-state index contributed by atoms with van der Waals surface area (Å²) in [7, 11) is -3.64. The molecule has 2 aromatic rings. The normalized spacial score (nSPS) is 20.5. The van der Waals surface area contributed by atoms with Crippen molar-refractivity contribution in [3.63, 3.8) is 0 Å². The number of anilines is 2. The molecule has 2 aromatic carbocycles. The molecule has 3 aliphatic heterocycles. The van der Waals surface area contributed by atoms with E-state index in [4.69, 9.17) is 0 Å². The average molecular weight is 497 g/mol. The summed E-state index contributed by atoms with van der Waals surface area (Å²) in [6, 6.07) is 14.6. The molecule has 0 aromatic heterocycles. The van der Waals surface area contributed by atoms with E-state index in [1.54, 1.807) is 12.1 Å².